The van der Waals surface area contributed by atoms with Gasteiger partial charge in [-0.05, 0) is 25.0 Å². The van der Waals surface area contributed by atoms with Gasteiger partial charge in [-0.15, -0.1) is 0 Å². The van der Waals surface area contributed by atoms with E-state index in [0.29, 0.717) is 19.4 Å². The maximum Gasteiger partial charge on any atom is 0.338 e. The Balaban J connectivity index is 2.02. The molecule has 2 rings (SSSR count). The molecule has 1 atom stereocenters. The third-order valence-corrected chi connectivity index (χ3v) is 3.47. The number of likely N-dealkylation sites (tertiary alicyclic amines) is 1. The third-order valence-electron chi connectivity index (χ3n) is 3.47. The number of carboxylic acid groups (broad SMARTS) is 1. The monoisotopic (exact) mass is 307 g/mol. The van der Waals surface area contributed by atoms with Crippen molar-refractivity contribution in [3.8, 4) is 0 Å². The standard InChI is InChI=1S/C14H17N3O5/c1-22-13(20)9-4-5-15-11(7-9)16-14(21)17-6-2-3-10(8-17)12(18)19/h4-5,7,10H,2-3,6,8H2,1H3,(H,18,19)(H,15,16,21). The molecule has 0 aliphatic carbocycles. The van der Waals surface area contributed by atoms with E-state index >= 15 is 0 Å². The first-order valence-electron chi connectivity index (χ1n) is 6.84. The summed E-state index contributed by atoms with van der Waals surface area (Å²) in [5.74, 6) is -1.76. The van der Waals surface area contributed by atoms with E-state index in [1.54, 1.807) is 0 Å². The molecule has 8 heteroatoms. The highest BCUT2D eigenvalue weighted by molar-refractivity contribution is 5.93. The van der Waals surface area contributed by atoms with Crippen LogP contribution in [0.5, 0.6) is 0 Å². The molecule has 1 unspecified atom stereocenters. The zero-order valence-corrected chi connectivity index (χ0v) is 12.1. The molecule has 8 nitrogen and oxygen atoms in total. The number of aromatic nitrogens is 1. The number of piperidine rings is 1. The lowest BCUT2D eigenvalue weighted by atomic mass is 9.99. The van der Waals surface area contributed by atoms with Crippen molar-refractivity contribution < 1.29 is 24.2 Å². The van der Waals surface area contributed by atoms with Gasteiger partial charge in [0.2, 0.25) is 0 Å². The summed E-state index contributed by atoms with van der Waals surface area (Å²) in [5, 5.41) is 11.6. The molecular weight excluding hydrogens is 290 g/mol. The Labute approximate surface area is 127 Å². The molecule has 1 saturated heterocycles. The topological polar surface area (TPSA) is 109 Å². The number of urea groups is 1. The first kappa shape index (κ1) is 15.7. The summed E-state index contributed by atoms with van der Waals surface area (Å²) in [6.07, 6.45) is 2.59. The average Bonchev–Trinajstić information content (AvgIpc) is 2.54. The lowest BCUT2D eigenvalue weighted by molar-refractivity contribution is -0.143. The van der Waals surface area contributed by atoms with Crippen LogP contribution in [0.2, 0.25) is 0 Å². The van der Waals surface area contributed by atoms with Crippen LogP contribution in [0.4, 0.5) is 10.6 Å². The number of hydrogen-bond acceptors (Lipinski definition) is 5. The van der Waals surface area contributed by atoms with Gasteiger partial charge < -0.3 is 14.7 Å². The number of methoxy groups -OCH3 is 1. The molecule has 0 aromatic carbocycles. The van der Waals surface area contributed by atoms with Gasteiger partial charge in [-0.2, -0.15) is 0 Å². The Hall–Kier alpha value is -2.64. The number of aliphatic carboxylic acids is 1. The van der Waals surface area contributed by atoms with Gasteiger partial charge in [0.05, 0.1) is 18.6 Å². The van der Waals surface area contributed by atoms with Crippen molar-refractivity contribution >= 4 is 23.8 Å². The molecule has 2 amide bonds. The van der Waals surface area contributed by atoms with Crippen molar-refractivity contribution in [3.63, 3.8) is 0 Å². The van der Waals surface area contributed by atoms with Gasteiger partial charge in [-0.25, -0.2) is 14.6 Å². The maximum absolute atomic E-state index is 12.2. The lowest BCUT2D eigenvalue weighted by Gasteiger charge is -2.30. The zero-order chi connectivity index (χ0) is 16.1. The molecular formula is C14H17N3O5. The number of carbonyl (C=O) groups excluding carboxylic acids is 2. The predicted octanol–water partition coefficient (Wildman–Crippen LogP) is 1.20. The number of rotatable bonds is 3. The van der Waals surface area contributed by atoms with Gasteiger partial charge >= 0.3 is 18.0 Å². The largest absolute Gasteiger partial charge is 0.481 e. The van der Waals surface area contributed by atoms with Gasteiger partial charge in [0.25, 0.3) is 0 Å². The summed E-state index contributed by atoms with van der Waals surface area (Å²) in [6.45, 7) is 0.657. The molecule has 22 heavy (non-hydrogen) atoms. The van der Waals surface area contributed by atoms with Crippen LogP contribution >= 0.6 is 0 Å². The minimum atomic E-state index is -0.900. The average molecular weight is 307 g/mol. The highest BCUT2D eigenvalue weighted by Gasteiger charge is 2.28. The fourth-order valence-corrected chi connectivity index (χ4v) is 2.30. The van der Waals surface area contributed by atoms with Gasteiger partial charge in [0.15, 0.2) is 0 Å². The first-order valence-corrected chi connectivity index (χ1v) is 6.84. The summed E-state index contributed by atoms with van der Waals surface area (Å²) in [7, 11) is 1.26. The summed E-state index contributed by atoms with van der Waals surface area (Å²) < 4.78 is 4.60. The lowest BCUT2D eigenvalue weighted by Crippen LogP contribution is -2.44. The number of amides is 2. The molecule has 2 heterocycles. The van der Waals surface area contributed by atoms with Crippen LogP contribution in [0.3, 0.4) is 0 Å². The molecule has 0 radical (unpaired) electrons. The number of hydrogen-bond donors (Lipinski definition) is 2. The Morgan fingerprint density at radius 3 is 2.91 bits per heavy atom. The third kappa shape index (κ3) is 3.72. The van der Waals surface area contributed by atoms with Crippen LogP contribution in [-0.2, 0) is 9.53 Å². The fourth-order valence-electron chi connectivity index (χ4n) is 2.30. The Morgan fingerprint density at radius 2 is 2.23 bits per heavy atom. The quantitative estimate of drug-likeness (QED) is 0.812. The van der Waals surface area contributed by atoms with E-state index in [0.717, 1.165) is 0 Å². The molecule has 1 fully saturated rings. The number of pyridine rings is 1. The molecule has 0 saturated carbocycles. The highest BCUT2D eigenvalue weighted by Crippen LogP contribution is 2.18. The van der Waals surface area contributed by atoms with E-state index < -0.39 is 23.9 Å². The zero-order valence-electron chi connectivity index (χ0n) is 12.1. The van der Waals surface area contributed by atoms with Gasteiger partial charge in [-0.3, -0.25) is 10.1 Å². The highest BCUT2D eigenvalue weighted by atomic mass is 16.5. The summed E-state index contributed by atoms with van der Waals surface area (Å²) in [4.78, 5) is 40.0. The fraction of sp³-hybridized carbons (Fsp3) is 0.429. The van der Waals surface area contributed by atoms with E-state index in [2.05, 4.69) is 15.0 Å². The predicted molar refractivity (Wildman–Crippen MR) is 76.5 cm³/mol. The second-order valence-corrected chi connectivity index (χ2v) is 4.97. The number of carbonyl (C=O) groups is 3. The van der Waals surface area contributed by atoms with Gasteiger partial charge in [-0.1, -0.05) is 0 Å². The van der Waals surface area contributed by atoms with E-state index in [9.17, 15) is 14.4 Å². The van der Waals surface area contributed by atoms with Crippen LogP contribution in [0.1, 0.15) is 23.2 Å². The molecule has 118 valence electrons. The second kappa shape index (κ2) is 6.88. The van der Waals surface area contributed by atoms with Crippen LogP contribution in [0, 0.1) is 5.92 Å². The van der Waals surface area contributed by atoms with Crippen molar-refractivity contribution in [2.24, 2.45) is 5.92 Å². The normalized spacial score (nSPS) is 17.7. The maximum atomic E-state index is 12.2. The van der Waals surface area contributed by atoms with E-state index in [1.165, 1.54) is 30.3 Å². The van der Waals surface area contributed by atoms with Crippen LogP contribution < -0.4 is 5.32 Å². The van der Waals surface area contributed by atoms with Crippen molar-refractivity contribution in [1.29, 1.82) is 0 Å². The molecule has 0 spiro atoms. The van der Waals surface area contributed by atoms with Crippen molar-refractivity contribution in [1.82, 2.24) is 9.88 Å². The van der Waals surface area contributed by atoms with Gasteiger partial charge in [0.1, 0.15) is 5.82 Å². The smallest absolute Gasteiger partial charge is 0.338 e. The van der Waals surface area contributed by atoms with Crippen molar-refractivity contribution in [2.75, 3.05) is 25.5 Å². The SMILES string of the molecule is COC(=O)c1ccnc(NC(=O)N2CCCC(C(=O)O)C2)c1. The molecule has 1 aliphatic rings. The Morgan fingerprint density at radius 1 is 1.45 bits per heavy atom. The Bertz CT molecular complexity index is 590. The van der Waals surface area contributed by atoms with Crippen LogP contribution in [0.15, 0.2) is 18.3 Å². The Kier molecular flexibility index (Phi) is 4.92. The minimum absolute atomic E-state index is 0.165. The van der Waals surface area contributed by atoms with E-state index in [-0.39, 0.29) is 17.9 Å². The van der Waals surface area contributed by atoms with Crippen LogP contribution in [0.25, 0.3) is 0 Å². The number of anilines is 1. The summed E-state index contributed by atoms with van der Waals surface area (Å²) >= 11 is 0. The number of nitrogens with one attached hydrogen (secondary N) is 1. The summed E-state index contributed by atoms with van der Waals surface area (Å²) in [5.41, 5.74) is 0.273. The molecule has 0 bridgehead atoms. The molecule has 1 aliphatic heterocycles. The molecule has 1 aromatic rings. The first-order chi connectivity index (χ1) is 10.5. The number of esters is 1. The molecule has 2 N–H and O–H groups in total. The molecule has 1 aromatic heterocycles. The number of ether oxygens (including phenoxy) is 1. The minimum Gasteiger partial charge on any atom is -0.481 e. The second-order valence-electron chi connectivity index (χ2n) is 4.97. The van der Waals surface area contributed by atoms with E-state index in [4.69, 9.17) is 5.11 Å². The van der Waals surface area contributed by atoms with Crippen LogP contribution in [-0.4, -0.2) is 53.2 Å². The number of carboxylic acids is 1. The van der Waals surface area contributed by atoms with Crippen molar-refractivity contribution in [3.05, 3.63) is 23.9 Å². The van der Waals surface area contributed by atoms with E-state index in [1.807, 2.05) is 0 Å². The van der Waals surface area contributed by atoms with Crippen molar-refractivity contribution in [2.45, 2.75) is 12.8 Å². The number of nitrogens with zero attached hydrogens (tertiary/aromatic N) is 2. The van der Waals surface area contributed by atoms with Gasteiger partial charge in [0, 0.05) is 19.3 Å². The summed E-state index contributed by atoms with van der Waals surface area (Å²) in [6, 6.07) is 2.45.